The first kappa shape index (κ1) is 18.1. The van der Waals surface area contributed by atoms with Gasteiger partial charge in [-0.1, -0.05) is 12.1 Å². The molecule has 0 atom stereocenters. The van der Waals surface area contributed by atoms with Crippen molar-refractivity contribution in [2.45, 2.75) is 25.2 Å². The Balaban J connectivity index is 2.22. The summed E-state index contributed by atoms with van der Waals surface area (Å²) >= 11 is 0. The summed E-state index contributed by atoms with van der Waals surface area (Å²) in [5.74, 6) is 0.312. The van der Waals surface area contributed by atoms with Crippen LogP contribution in [0.5, 0.6) is 0 Å². The summed E-state index contributed by atoms with van der Waals surface area (Å²) in [4.78, 5) is 2.74. The molecule has 7 nitrogen and oxygen atoms in total. The molecule has 0 aromatic carbocycles. The minimum Gasteiger partial charge on any atom is -0.355 e. The van der Waals surface area contributed by atoms with Crippen LogP contribution in [0.15, 0.2) is 15.6 Å². The lowest BCUT2D eigenvalue weighted by atomic mass is 10.3. The molecule has 0 unspecified atom stereocenters. The fourth-order valence-corrected chi connectivity index (χ4v) is 4.51. The number of aromatic nitrogens is 1. The van der Waals surface area contributed by atoms with Gasteiger partial charge in [-0.3, -0.25) is 0 Å². The van der Waals surface area contributed by atoms with Crippen LogP contribution in [0.2, 0.25) is 0 Å². The first-order chi connectivity index (χ1) is 10.9. The Morgan fingerprint density at radius 2 is 2.00 bits per heavy atom. The minimum atomic E-state index is -3.56. The first-order valence-electron chi connectivity index (χ1n) is 8.14. The van der Waals surface area contributed by atoms with Gasteiger partial charge in [-0.25, -0.2) is 8.42 Å². The van der Waals surface area contributed by atoms with Crippen molar-refractivity contribution < 1.29 is 22.7 Å². The molecule has 0 aliphatic carbocycles. The van der Waals surface area contributed by atoms with Crippen molar-refractivity contribution in [1.29, 1.82) is 0 Å². The zero-order valence-corrected chi connectivity index (χ0v) is 15.2. The molecule has 1 aromatic heterocycles. The number of aryl methyl sites for hydroxylation is 1. The summed E-state index contributed by atoms with van der Waals surface area (Å²) in [7, 11) is 0.333. The van der Waals surface area contributed by atoms with Gasteiger partial charge in [0.05, 0.1) is 53.0 Å². The molecule has 8 heteroatoms. The summed E-state index contributed by atoms with van der Waals surface area (Å²) in [5.41, 5.74) is 0.418. The molecule has 2 heterocycles. The number of rotatable bonds is 6. The first-order valence-corrected chi connectivity index (χ1v) is 9.58. The fourth-order valence-electron chi connectivity index (χ4n) is 2.82. The van der Waals surface area contributed by atoms with E-state index in [1.807, 2.05) is 20.3 Å². The van der Waals surface area contributed by atoms with E-state index in [1.165, 1.54) is 4.90 Å². The molecule has 23 heavy (non-hydrogen) atoms. The van der Waals surface area contributed by atoms with Crippen LogP contribution in [0, 0.1) is 6.92 Å². The van der Waals surface area contributed by atoms with Crippen LogP contribution in [0.25, 0.3) is 6.08 Å². The number of hydrogen-bond acceptors (Lipinski definition) is 4. The van der Waals surface area contributed by atoms with Crippen molar-refractivity contribution in [3.63, 3.8) is 0 Å². The molecule has 1 aromatic rings. The van der Waals surface area contributed by atoms with E-state index in [-0.39, 0.29) is 4.90 Å². The normalized spacial score (nSPS) is 18.3. The Labute approximate surface area is 138 Å². The molecule has 2 rings (SSSR count). The molecule has 130 valence electrons. The van der Waals surface area contributed by atoms with Crippen molar-refractivity contribution in [2.24, 2.45) is 0 Å². The molecule has 2 N–H and O–H groups in total. The number of nitrogens with one attached hydrogen (secondary N) is 2. The van der Waals surface area contributed by atoms with Crippen LogP contribution in [-0.2, 0) is 10.0 Å². The Morgan fingerprint density at radius 3 is 2.57 bits per heavy atom. The summed E-state index contributed by atoms with van der Waals surface area (Å²) in [6.45, 7) is 7.72. The van der Waals surface area contributed by atoms with E-state index in [0.717, 1.165) is 31.0 Å². The van der Waals surface area contributed by atoms with Gasteiger partial charge in [-0.15, -0.1) is 0 Å². The van der Waals surface area contributed by atoms with E-state index in [0.29, 0.717) is 24.5 Å². The number of nitrogens with zero attached hydrogens (tertiary/aromatic N) is 2. The standard InChI is InChI=1S/C15H26N4O3S/c1-5-7-18-9-11-19(12-10-18)23(20,21)15-13(2)16-22-14(15)6-8-17(3)4/h6,8H,5,7,9-12H2,1-4H3/p+2. The van der Waals surface area contributed by atoms with E-state index in [2.05, 4.69) is 12.1 Å². The molecule has 0 amide bonds. The maximum Gasteiger partial charge on any atom is 0.249 e. The predicted octanol–water partition coefficient (Wildman–Crippen LogP) is -1.60. The summed E-state index contributed by atoms with van der Waals surface area (Å²) in [6, 6.07) is 0. The van der Waals surface area contributed by atoms with Gasteiger partial charge in [0.15, 0.2) is 10.7 Å². The number of sulfonamides is 1. The van der Waals surface area contributed by atoms with E-state index >= 15 is 0 Å². The van der Waals surface area contributed by atoms with Crippen LogP contribution < -0.4 is 9.80 Å². The Kier molecular flexibility index (Phi) is 5.96. The molecule has 0 saturated carbocycles. The van der Waals surface area contributed by atoms with Crippen molar-refractivity contribution in [3.8, 4) is 0 Å². The number of quaternary nitrogens is 2. The molecule has 1 saturated heterocycles. The average molecular weight is 344 g/mol. The second-order valence-electron chi connectivity index (χ2n) is 6.28. The van der Waals surface area contributed by atoms with Gasteiger partial charge in [0.25, 0.3) is 0 Å². The largest absolute Gasteiger partial charge is 0.355 e. The van der Waals surface area contributed by atoms with E-state index in [9.17, 15) is 8.42 Å². The van der Waals surface area contributed by atoms with Crippen molar-refractivity contribution >= 4 is 16.1 Å². The molecular formula is C15H28N4O3S+2. The third-order valence-electron chi connectivity index (χ3n) is 4.03. The molecule has 0 radical (unpaired) electrons. The monoisotopic (exact) mass is 344 g/mol. The third-order valence-corrected chi connectivity index (χ3v) is 6.09. The van der Waals surface area contributed by atoms with Crippen LogP contribution in [-0.4, -0.2) is 64.7 Å². The molecule has 1 aliphatic rings. The average Bonchev–Trinajstić information content (AvgIpc) is 2.88. The van der Waals surface area contributed by atoms with Crippen LogP contribution in [0.3, 0.4) is 0 Å². The lowest BCUT2D eigenvalue weighted by molar-refractivity contribution is -0.903. The summed E-state index contributed by atoms with van der Waals surface area (Å²) < 4.78 is 32.7. The van der Waals surface area contributed by atoms with E-state index in [4.69, 9.17) is 4.52 Å². The highest BCUT2D eigenvalue weighted by Gasteiger charge is 2.35. The number of piperazine rings is 1. The van der Waals surface area contributed by atoms with E-state index < -0.39 is 10.0 Å². The molecule has 1 aliphatic heterocycles. The van der Waals surface area contributed by atoms with Gasteiger partial charge in [0.2, 0.25) is 10.0 Å². The van der Waals surface area contributed by atoms with Crippen LogP contribution in [0.4, 0.5) is 0 Å². The number of hydrogen-bond donors (Lipinski definition) is 2. The lowest BCUT2D eigenvalue weighted by Gasteiger charge is -2.31. The lowest BCUT2D eigenvalue weighted by Crippen LogP contribution is -3.14. The molecule has 1 fully saturated rings. The highest BCUT2D eigenvalue weighted by molar-refractivity contribution is 7.89. The maximum atomic E-state index is 13.0. The van der Waals surface area contributed by atoms with Crippen molar-refractivity contribution in [3.05, 3.63) is 17.7 Å². The Morgan fingerprint density at radius 1 is 1.35 bits per heavy atom. The third kappa shape index (κ3) is 4.20. The van der Waals surface area contributed by atoms with Gasteiger partial charge in [0, 0.05) is 6.08 Å². The maximum absolute atomic E-state index is 13.0. The van der Waals surface area contributed by atoms with Gasteiger partial charge in [-0.2, -0.15) is 4.31 Å². The smallest absolute Gasteiger partial charge is 0.249 e. The van der Waals surface area contributed by atoms with Gasteiger partial charge < -0.3 is 14.3 Å². The Hall–Kier alpha value is -1.22. The van der Waals surface area contributed by atoms with Gasteiger partial charge in [-0.05, 0) is 13.3 Å². The fraction of sp³-hybridized carbons (Fsp3) is 0.667. The van der Waals surface area contributed by atoms with Crippen molar-refractivity contribution in [2.75, 3.05) is 46.8 Å². The second kappa shape index (κ2) is 7.57. The highest BCUT2D eigenvalue weighted by atomic mass is 32.2. The molecule has 0 spiro atoms. The summed E-state index contributed by atoms with van der Waals surface area (Å²) in [5, 5.41) is 3.85. The van der Waals surface area contributed by atoms with Crippen molar-refractivity contribution in [1.82, 2.24) is 9.46 Å². The van der Waals surface area contributed by atoms with E-state index in [1.54, 1.807) is 17.3 Å². The molecule has 0 bridgehead atoms. The quantitative estimate of drug-likeness (QED) is 0.652. The van der Waals surface area contributed by atoms with Crippen LogP contribution in [0.1, 0.15) is 24.8 Å². The van der Waals surface area contributed by atoms with Gasteiger partial charge in [0.1, 0.15) is 5.69 Å². The highest BCUT2D eigenvalue weighted by Crippen LogP contribution is 2.24. The second-order valence-corrected chi connectivity index (χ2v) is 8.15. The molecular weight excluding hydrogens is 316 g/mol. The van der Waals surface area contributed by atoms with Crippen LogP contribution >= 0.6 is 0 Å². The van der Waals surface area contributed by atoms with Gasteiger partial charge >= 0.3 is 0 Å². The topological polar surface area (TPSA) is 72.3 Å². The zero-order valence-electron chi connectivity index (χ0n) is 14.4. The zero-order chi connectivity index (χ0) is 17.0. The SMILES string of the molecule is CCC[NH+]1CCN(S(=O)(=O)c2c(C)noc2C=C[NH+](C)C)CC1. The minimum absolute atomic E-state index is 0.203. The summed E-state index contributed by atoms with van der Waals surface area (Å²) in [6.07, 6.45) is 4.64. The Bertz CT molecular complexity index is 644. The predicted molar refractivity (Wildman–Crippen MR) is 87.7 cm³/mol.